The minimum absolute atomic E-state index is 0.217. The molecule has 0 saturated carbocycles. The normalized spacial score (nSPS) is 14.9. The first-order chi connectivity index (χ1) is 19.4. The second-order valence-corrected chi connectivity index (χ2v) is 10.4. The van der Waals surface area contributed by atoms with E-state index in [9.17, 15) is 9.59 Å². The molecule has 2 heterocycles. The summed E-state index contributed by atoms with van der Waals surface area (Å²) >= 11 is 7.86. The monoisotopic (exact) mass is 574 g/mol. The van der Waals surface area contributed by atoms with Crippen LogP contribution in [0.3, 0.4) is 0 Å². The van der Waals surface area contributed by atoms with E-state index in [4.69, 9.17) is 25.8 Å². The molecule has 204 valence electrons. The fourth-order valence-corrected chi connectivity index (χ4v) is 5.91. The van der Waals surface area contributed by atoms with Crippen LogP contribution in [0.2, 0.25) is 5.02 Å². The summed E-state index contributed by atoms with van der Waals surface area (Å²) in [7, 11) is 1.54. The molecule has 4 aromatic rings. The second kappa shape index (κ2) is 11.9. The fourth-order valence-electron chi connectivity index (χ4n) is 4.59. The number of ether oxygens (including phenoxy) is 3. The van der Waals surface area contributed by atoms with Gasteiger partial charge in [-0.2, -0.15) is 0 Å². The predicted molar refractivity (Wildman–Crippen MR) is 156 cm³/mol. The molecule has 0 saturated heterocycles. The number of methoxy groups -OCH3 is 1. The van der Waals surface area contributed by atoms with Gasteiger partial charge in [-0.3, -0.25) is 9.36 Å². The largest absolute Gasteiger partial charge is 0.493 e. The molecule has 1 aliphatic rings. The van der Waals surface area contributed by atoms with Crippen molar-refractivity contribution in [1.82, 2.24) is 4.57 Å². The van der Waals surface area contributed by atoms with E-state index in [-0.39, 0.29) is 12.2 Å². The maximum atomic E-state index is 13.8. The third-order valence-corrected chi connectivity index (χ3v) is 7.67. The zero-order valence-electron chi connectivity index (χ0n) is 22.2. The lowest BCUT2D eigenvalue weighted by atomic mass is 9.96. The number of halogens is 1. The van der Waals surface area contributed by atoms with Gasteiger partial charge in [-0.1, -0.05) is 83.6 Å². The first kappa shape index (κ1) is 27.4. The number of hydrogen-bond acceptors (Lipinski definition) is 7. The molecule has 9 heteroatoms. The SMILES string of the molecule is CCOC(=O)C1=C(C)N=c2sc(=Cc3cc(Cl)c(OCc4ccccc4)c(OC)c3)c(=O)n2[C@H]1c1ccccc1. The molecule has 0 spiro atoms. The standard InChI is InChI=1S/C31H27ClN2O5S/c1-4-38-30(36)26-19(2)33-31-34(27(26)22-13-9-6-10-14-22)29(35)25(40-31)17-21-15-23(32)28(24(16-21)37-3)39-18-20-11-7-5-8-12-20/h5-17,27H,4,18H2,1-3H3/t27-/m0/s1. The lowest BCUT2D eigenvalue weighted by molar-refractivity contribution is -0.139. The van der Waals surface area contributed by atoms with Crippen molar-refractivity contribution in [1.29, 1.82) is 0 Å². The number of aromatic nitrogens is 1. The van der Waals surface area contributed by atoms with E-state index in [2.05, 4.69) is 4.99 Å². The van der Waals surface area contributed by atoms with E-state index in [0.717, 1.165) is 11.1 Å². The molecule has 0 fully saturated rings. The molecule has 0 amide bonds. The van der Waals surface area contributed by atoms with Gasteiger partial charge < -0.3 is 14.2 Å². The molecule has 5 rings (SSSR count). The van der Waals surface area contributed by atoms with Crippen molar-refractivity contribution in [3.63, 3.8) is 0 Å². The zero-order chi connectivity index (χ0) is 28.2. The van der Waals surface area contributed by atoms with Gasteiger partial charge in [0.1, 0.15) is 6.61 Å². The number of esters is 1. The van der Waals surface area contributed by atoms with E-state index in [0.29, 0.717) is 49.3 Å². The Kier molecular flexibility index (Phi) is 8.19. The molecule has 40 heavy (non-hydrogen) atoms. The van der Waals surface area contributed by atoms with Gasteiger partial charge in [0.05, 0.1) is 40.6 Å². The molecule has 0 unspecified atom stereocenters. The smallest absolute Gasteiger partial charge is 0.338 e. The van der Waals surface area contributed by atoms with Gasteiger partial charge in [0, 0.05) is 0 Å². The second-order valence-electron chi connectivity index (χ2n) is 9.02. The van der Waals surface area contributed by atoms with Crippen LogP contribution in [0.4, 0.5) is 0 Å². The van der Waals surface area contributed by atoms with Crippen molar-refractivity contribution in [2.45, 2.75) is 26.5 Å². The molecule has 1 atom stereocenters. The van der Waals surface area contributed by atoms with Crippen LogP contribution in [0.15, 0.2) is 93.9 Å². The summed E-state index contributed by atoms with van der Waals surface area (Å²) in [6.07, 6.45) is 1.74. The minimum Gasteiger partial charge on any atom is -0.493 e. The summed E-state index contributed by atoms with van der Waals surface area (Å²) in [4.78, 5) is 31.9. The number of rotatable bonds is 8. The van der Waals surface area contributed by atoms with Crippen LogP contribution in [-0.2, 0) is 16.1 Å². The van der Waals surface area contributed by atoms with Gasteiger partial charge >= 0.3 is 5.97 Å². The summed E-state index contributed by atoms with van der Waals surface area (Å²) in [5.74, 6) is 0.380. The summed E-state index contributed by atoms with van der Waals surface area (Å²) in [6, 6.07) is 22.0. The number of nitrogens with zero attached hydrogens (tertiary/aromatic N) is 2. The Morgan fingerprint density at radius 2 is 1.80 bits per heavy atom. The van der Waals surface area contributed by atoms with E-state index in [1.54, 1.807) is 36.6 Å². The summed E-state index contributed by atoms with van der Waals surface area (Å²) < 4.78 is 18.9. The zero-order valence-corrected chi connectivity index (χ0v) is 23.8. The van der Waals surface area contributed by atoms with Crippen LogP contribution in [0.5, 0.6) is 11.5 Å². The van der Waals surface area contributed by atoms with Gasteiger partial charge in [0.2, 0.25) is 0 Å². The first-order valence-corrected chi connectivity index (χ1v) is 13.9. The van der Waals surface area contributed by atoms with Crippen LogP contribution in [-0.4, -0.2) is 24.3 Å². The van der Waals surface area contributed by atoms with Crippen LogP contribution < -0.4 is 24.4 Å². The highest BCUT2D eigenvalue weighted by atomic mass is 35.5. The number of carbonyl (C=O) groups is 1. The molecule has 0 aliphatic carbocycles. The summed E-state index contributed by atoms with van der Waals surface area (Å²) in [5, 5.41) is 0.358. The van der Waals surface area contributed by atoms with Crippen LogP contribution in [0.1, 0.15) is 36.6 Å². The molecular formula is C31H27ClN2O5S. The minimum atomic E-state index is -0.662. The van der Waals surface area contributed by atoms with E-state index < -0.39 is 12.0 Å². The molecule has 1 aromatic heterocycles. The van der Waals surface area contributed by atoms with E-state index in [1.165, 1.54) is 18.4 Å². The van der Waals surface area contributed by atoms with Crippen molar-refractivity contribution >= 4 is 35.0 Å². The number of benzene rings is 3. The average molecular weight is 575 g/mol. The Hall–Kier alpha value is -4.14. The van der Waals surface area contributed by atoms with Crippen molar-refractivity contribution in [2.75, 3.05) is 13.7 Å². The lowest BCUT2D eigenvalue weighted by Gasteiger charge is -2.24. The fraction of sp³-hybridized carbons (Fsp3) is 0.194. The number of carbonyl (C=O) groups excluding carboxylic acids is 1. The Morgan fingerprint density at radius 1 is 1.10 bits per heavy atom. The summed E-state index contributed by atoms with van der Waals surface area (Å²) in [6.45, 7) is 4.06. The van der Waals surface area contributed by atoms with E-state index in [1.807, 2.05) is 60.7 Å². The Labute approximate surface area is 240 Å². The van der Waals surface area contributed by atoms with Crippen molar-refractivity contribution in [2.24, 2.45) is 4.99 Å². The van der Waals surface area contributed by atoms with Crippen molar-refractivity contribution < 1.29 is 19.0 Å². The number of thiazole rings is 1. The molecule has 0 bridgehead atoms. The van der Waals surface area contributed by atoms with Crippen molar-refractivity contribution in [3.05, 3.63) is 125 Å². The molecular weight excluding hydrogens is 548 g/mol. The van der Waals surface area contributed by atoms with Gasteiger partial charge in [0.15, 0.2) is 16.3 Å². The highest BCUT2D eigenvalue weighted by molar-refractivity contribution is 7.07. The van der Waals surface area contributed by atoms with E-state index >= 15 is 0 Å². The maximum absolute atomic E-state index is 13.8. The lowest BCUT2D eigenvalue weighted by Crippen LogP contribution is -2.39. The Bertz CT molecular complexity index is 1760. The third-order valence-electron chi connectivity index (χ3n) is 6.41. The predicted octanol–water partition coefficient (Wildman–Crippen LogP) is 5.04. The third kappa shape index (κ3) is 5.46. The van der Waals surface area contributed by atoms with Crippen LogP contribution in [0, 0.1) is 0 Å². The Morgan fingerprint density at radius 3 is 2.48 bits per heavy atom. The number of allylic oxidation sites excluding steroid dienone is 1. The highest BCUT2D eigenvalue weighted by Gasteiger charge is 2.33. The average Bonchev–Trinajstić information content (AvgIpc) is 3.26. The van der Waals surface area contributed by atoms with Gasteiger partial charge in [0.25, 0.3) is 5.56 Å². The maximum Gasteiger partial charge on any atom is 0.338 e. The number of hydrogen-bond donors (Lipinski definition) is 0. The quantitative estimate of drug-likeness (QED) is 0.276. The van der Waals surface area contributed by atoms with Crippen LogP contribution >= 0.6 is 22.9 Å². The molecule has 7 nitrogen and oxygen atoms in total. The van der Waals surface area contributed by atoms with Gasteiger partial charge in [-0.15, -0.1) is 0 Å². The topological polar surface area (TPSA) is 79.1 Å². The first-order valence-electron chi connectivity index (χ1n) is 12.7. The van der Waals surface area contributed by atoms with Gasteiger partial charge in [-0.05, 0) is 48.7 Å². The highest BCUT2D eigenvalue weighted by Crippen LogP contribution is 2.37. The molecule has 0 radical (unpaired) electrons. The molecule has 3 aromatic carbocycles. The van der Waals surface area contributed by atoms with Crippen molar-refractivity contribution in [3.8, 4) is 11.5 Å². The summed E-state index contributed by atoms with van der Waals surface area (Å²) in [5.41, 5.74) is 3.04. The van der Waals surface area contributed by atoms with Crippen LogP contribution in [0.25, 0.3) is 6.08 Å². The Balaban J connectivity index is 1.58. The molecule has 1 aliphatic heterocycles. The van der Waals surface area contributed by atoms with Gasteiger partial charge in [-0.25, -0.2) is 9.79 Å². The molecule has 0 N–H and O–H groups in total. The number of fused-ring (bicyclic) bond motifs is 1.